The van der Waals surface area contributed by atoms with Gasteiger partial charge in [-0.2, -0.15) is 0 Å². The normalized spacial score (nSPS) is 41.7. The van der Waals surface area contributed by atoms with Crippen molar-refractivity contribution >= 4 is 5.97 Å². The Bertz CT molecular complexity index is 390. The molecule has 0 unspecified atom stereocenters. The standard InChI is InChI=1S/C16H26O5/c1-10(2)12-5-4-11(3)16(9-12)20-13(8-14(17)21-16)15-18-6-7-19-15/h10-13,15H,4-9H2,1-3H3/t11-,12-,13-,16+/m1/s1. The van der Waals surface area contributed by atoms with E-state index in [0.29, 0.717) is 25.0 Å². The maximum atomic E-state index is 12.1. The zero-order valence-electron chi connectivity index (χ0n) is 13.2. The molecule has 0 aromatic heterocycles. The van der Waals surface area contributed by atoms with Crippen molar-refractivity contribution in [2.45, 2.75) is 64.6 Å². The predicted molar refractivity (Wildman–Crippen MR) is 75.3 cm³/mol. The van der Waals surface area contributed by atoms with Crippen LogP contribution < -0.4 is 0 Å². The molecule has 1 saturated carbocycles. The number of esters is 1. The minimum atomic E-state index is -0.789. The molecule has 0 bridgehead atoms. The van der Waals surface area contributed by atoms with Crippen molar-refractivity contribution < 1.29 is 23.7 Å². The summed E-state index contributed by atoms with van der Waals surface area (Å²) in [4.78, 5) is 12.1. The van der Waals surface area contributed by atoms with E-state index in [1.165, 1.54) is 6.42 Å². The summed E-state index contributed by atoms with van der Waals surface area (Å²) in [6, 6.07) is 0. The van der Waals surface area contributed by atoms with Crippen LogP contribution in [0.3, 0.4) is 0 Å². The average Bonchev–Trinajstić information content (AvgIpc) is 2.95. The third-order valence-corrected chi connectivity index (χ3v) is 5.17. The molecule has 21 heavy (non-hydrogen) atoms. The Morgan fingerprint density at radius 3 is 2.57 bits per heavy atom. The van der Waals surface area contributed by atoms with Gasteiger partial charge in [0.05, 0.1) is 19.6 Å². The lowest BCUT2D eigenvalue weighted by Crippen LogP contribution is -2.56. The molecule has 0 radical (unpaired) electrons. The quantitative estimate of drug-likeness (QED) is 0.733. The van der Waals surface area contributed by atoms with Crippen molar-refractivity contribution in [2.75, 3.05) is 13.2 Å². The first kappa shape index (κ1) is 15.3. The molecule has 0 amide bonds. The van der Waals surface area contributed by atoms with Crippen LogP contribution in [0.5, 0.6) is 0 Å². The lowest BCUT2D eigenvalue weighted by molar-refractivity contribution is -0.333. The van der Waals surface area contributed by atoms with Crippen LogP contribution in [0.15, 0.2) is 0 Å². The van der Waals surface area contributed by atoms with E-state index in [4.69, 9.17) is 18.9 Å². The Morgan fingerprint density at radius 1 is 1.19 bits per heavy atom. The molecule has 3 aliphatic rings. The van der Waals surface area contributed by atoms with Gasteiger partial charge in [0.25, 0.3) is 0 Å². The van der Waals surface area contributed by atoms with Crippen LogP contribution in [0.4, 0.5) is 0 Å². The first-order chi connectivity index (χ1) is 10.00. The number of ether oxygens (including phenoxy) is 4. The van der Waals surface area contributed by atoms with Gasteiger partial charge in [-0.3, -0.25) is 4.79 Å². The highest BCUT2D eigenvalue weighted by molar-refractivity contribution is 5.71. The van der Waals surface area contributed by atoms with Crippen LogP contribution in [0.1, 0.15) is 46.5 Å². The lowest BCUT2D eigenvalue weighted by atomic mass is 9.73. The van der Waals surface area contributed by atoms with Crippen molar-refractivity contribution in [1.82, 2.24) is 0 Å². The third kappa shape index (κ3) is 2.96. The fraction of sp³-hybridized carbons (Fsp3) is 0.938. The fourth-order valence-corrected chi connectivity index (χ4v) is 3.69. The Hall–Kier alpha value is -0.650. The average molecular weight is 298 g/mol. The second-order valence-corrected chi connectivity index (χ2v) is 6.94. The van der Waals surface area contributed by atoms with E-state index in [2.05, 4.69) is 20.8 Å². The highest BCUT2D eigenvalue weighted by Crippen LogP contribution is 2.46. The number of rotatable bonds is 2. The molecule has 1 spiro atoms. The molecule has 0 N–H and O–H groups in total. The highest BCUT2D eigenvalue weighted by atomic mass is 16.8. The first-order valence-corrected chi connectivity index (χ1v) is 8.13. The first-order valence-electron chi connectivity index (χ1n) is 8.13. The van der Waals surface area contributed by atoms with E-state index in [9.17, 15) is 4.79 Å². The molecule has 2 heterocycles. The summed E-state index contributed by atoms with van der Waals surface area (Å²) in [5, 5.41) is 0. The summed E-state index contributed by atoms with van der Waals surface area (Å²) in [6.45, 7) is 7.69. The molecular weight excluding hydrogens is 272 g/mol. The second-order valence-electron chi connectivity index (χ2n) is 6.94. The van der Waals surface area contributed by atoms with Gasteiger partial charge in [-0.1, -0.05) is 20.8 Å². The summed E-state index contributed by atoms with van der Waals surface area (Å²) in [6.07, 6.45) is 2.41. The van der Waals surface area contributed by atoms with Crippen LogP contribution in [0, 0.1) is 17.8 Å². The van der Waals surface area contributed by atoms with Crippen LogP contribution in [-0.2, 0) is 23.7 Å². The summed E-state index contributed by atoms with van der Waals surface area (Å²) in [5.41, 5.74) is 0. The van der Waals surface area contributed by atoms with E-state index < -0.39 is 12.1 Å². The molecule has 4 atom stereocenters. The van der Waals surface area contributed by atoms with Crippen molar-refractivity contribution in [3.8, 4) is 0 Å². The Morgan fingerprint density at radius 2 is 1.90 bits per heavy atom. The van der Waals surface area contributed by atoms with Gasteiger partial charge in [0.15, 0.2) is 6.29 Å². The third-order valence-electron chi connectivity index (χ3n) is 5.17. The monoisotopic (exact) mass is 298 g/mol. The van der Waals surface area contributed by atoms with Gasteiger partial charge in [-0.25, -0.2) is 0 Å². The number of hydrogen-bond acceptors (Lipinski definition) is 5. The second kappa shape index (κ2) is 5.86. The molecule has 5 nitrogen and oxygen atoms in total. The molecule has 120 valence electrons. The van der Waals surface area contributed by atoms with E-state index in [-0.39, 0.29) is 24.4 Å². The maximum Gasteiger partial charge on any atom is 0.311 e. The zero-order chi connectivity index (χ0) is 15.0. The largest absolute Gasteiger partial charge is 0.433 e. The van der Waals surface area contributed by atoms with Crippen LogP contribution in [0.25, 0.3) is 0 Å². The van der Waals surface area contributed by atoms with E-state index >= 15 is 0 Å². The molecule has 0 aromatic carbocycles. The minimum Gasteiger partial charge on any atom is -0.433 e. The summed E-state index contributed by atoms with van der Waals surface area (Å²) in [5.74, 6) is 0.319. The van der Waals surface area contributed by atoms with E-state index in [1.54, 1.807) is 0 Å². The van der Waals surface area contributed by atoms with Gasteiger partial charge in [-0.05, 0) is 24.7 Å². The Balaban J connectivity index is 1.78. The van der Waals surface area contributed by atoms with E-state index in [1.807, 2.05) is 0 Å². The van der Waals surface area contributed by atoms with Crippen molar-refractivity contribution in [1.29, 1.82) is 0 Å². The van der Waals surface area contributed by atoms with Crippen molar-refractivity contribution in [3.05, 3.63) is 0 Å². The maximum absolute atomic E-state index is 12.1. The molecular formula is C16H26O5. The predicted octanol–water partition coefficient (Wildman–Crippen LogP) is 2.48. The molecule has 2 saturated heterocycles. The van der Waals surface area contributed by atoms with Crippen molar-refractivity contribution in [3.63, 3.8) is 0 Å². The molecule has 3 rings (SSSR count). The molecule has 2 aliphatic heterocycles. The van der Waals surface area contributed by atoms with Gasteiger partial charge in [0.1, 0.15) is 6.10 Å². The SMILES string of the molecule is CC(C)[C@@H]1CC[C@@H](C)[C@]2(C1)OC(=O)C[C@H](C1OCCO1)O2. The van der Waals surface area contributed by atoms with E-state index in [0.717, 1.165) is 12.8 Å². The topological polar surface area (TPSA) is 54.0 Å². The van der Waals surface area contributed by atoms with Gasteiger partial charge >= 0.3 is 5.97 Å². The zero-order valence-corrected chi connectivity index (χ0v) is 13.2. The lowest BCUT2D eigenvalue weighted by Gasteiger charge is -2.49. The highest BCUT2D eigenvalue weighted by Gasteiger charge is 2.53. The van der Waals surface area contributed by atoms with Crippen LogP contribution in [-0.4, -0.2) is 37.4 Å². The van der Waals surface area contributed by atoms with Crippen LogP contribution >= 0.6 is 0 Å². The summed E-state index contributed by atoms with van der Waals surface area (Å²) >= 11 is 0. The van der Waals surface area contributed by atoms with Crippen molar-refractivity contribution in [2.24, 2.45) is 17.8 Å². The number of hydrogen-bond donors (Lipinski definition) is 0. The van der Waals surface area contributed by atoms with Crippen LogP contribution in [0.2, 0.25) is 0 Å². The Kier molecular flexibility index (Phi) is 4.26. The summed E-state index contributed by atoms with van der Waals surface area (Å²) in [7, 11) is 0. The molecule has 5 heteroatoms. The molecule has 1 aliphatic carbocycles. The summed E-state index contributed by atoms with van der Waals surface area (Å²) < 4.78 is 23.1. The van der Waals surface area contributed by atoms with Gasteiger partial charge in [0, 0.05) is 12.3 Å². The van der Waals surface area contributed by atoms with Gasteiger partial charge in [0.2, 0.25) is 5.79 Å². The minimum absolute atomic E-state index is 0.193. The number of carbonyl (C=O) groups is 1. The smallest absolute Gasteiger partial charge is 0.311 e. The number of carbonyl (C=O) groups excluding carboxylic acids is 1. The Labute approximate surface area is 126 Å². The molecule has 0 aromatic rings. The van der Waals surface area contributed by atoms with Gasteiger partial charge < -0.3 is 18.9 Å². The van der Waals surface area contributed by atoms with Gasteiger partial charge in [-0.15, -0.1) is 0 Å². The fourth-order valence-electron chi connectivity index (χ4n) is 3.69. The molecule has 3 fully saturated rings.